The Morgan fingerprint density at radius 1 is 1.48 bits per heavy atom. The molecular formula is C15H19ClN6O. The molecule has 7 nitrogen and oxygen atoms in total. The van der Waals surface area contributed by atoms with Gasteiger partial charge >= 0.3 is 0 Å². The molecular weight excluding hydrogens is 316 g/mol. The van der Waals surface area contributed by atoms with Crippen LogP contribution in [-0.4, -0.2) is 39.8 Å². The lowest BCUT2D eigenvalue weighted by atomic mass is 10.1. The van der Waals surface area contributed by atoms with Gasteiger partial charge in [-0.05, 0) is 18.9 Å². The minimum atomic E-state index is -0.536. The van der Waals surface area contributed by atoms with Crippen molar-refractivity contribution in [2.45, 2.75) is 18.9 Å². The zero-order chi connectivity index (χ0) is 16.4. The number of nitrogens with one attached hydrogen (secondary N) is 1. The molecule has 1 fully saturated rings. The summed E-state index contributed by atoms with van der Waals surface area (Å²) in [7, 11) is 1.91. The van der Waals surface area contributed by atoms with E-state index in [9.17, 15) is 4.79 Å². The number of piperidine rings is 1. The number of primary amides is 1. The molecule has 1 saturated heterocycles. The summed E-state index contributed by atoms with van der Waals surface area (Å²) in [5.74, 6) is 0.0427. The standard InChI is InChI=1S/C15H19ClN6O/c1-21-9-12(7-19-21)22-4-2-3-11(8-22)20-15-13(16)5-10(6-18-15)14(17)23/h5-7,9,11H,2-4,8H2,1H3,(H2,17,23)(H,18,20). The minimum Gasteiger partial charge on any atom is -0.367 e. The van der Waals surface area contributed by atoms with Crippen LogP contribution >= 0.6 is 11.6 Å². The van der Waals surface area contributed by atoms with E-state index in [0.29, 0.717) is 16.4 Å². The summed E-state index contributed by atoms with van der Waals surface area (Å²) >= 11 is 6.19. The summed E-state index contributed by atoms with van der Waals surface area (Å²) in [6.07, 6.45) is 7.43. The van der Waals surface area contributed by atoms with Crippen molar-refractivity contribution in [3.8, 4) is 0 Å². The van der Waals surface area contributed by atoms with Crippen molar-refractivity contribution in [1.82, 2.24) is 14.8 Å². The number of carbonyl (C=O) groups excluding carboxylic acids is 1. The van der Waals surface area contributed by atoms with Gasteiger partial charge in [-0.1, -0.05) is 11.6 Å². The number of aromatic nitrogens is 3. The lowest BCUT2D eigenvalue weighted by Gasteiger charge is -2.34. The van der Waals surface area contributed by atoms with Gasteiger partial charge in [0.05, 0.1) is 22.5 Å². The zero-order valence-electron chi connectivity index (χ0n) is 12.9. The number of anilines is 2. The van der Waals surface area contributed by atoms with E-state index in [1.807, 2.05) is 19.4 Å². The predicted molar refractivity (Wildman–Crippen MR) is 89.8 cm³/mol. The highest BCUT2D eigenvalue weighted by Gasteiger charge is 2.22. The number of carbonyl (C=O) groups is 1. The van der Waals surface area contributed by atoms with E-state index < -0.39 is 5.91 Å². The number of halogens is 1. The molecule has 0 radical (unpaired) electrons. The van der Waals surface area contributed by atoms with Crippen LogP contribution < -0.4 is 16.0 Å². The number of aryl methyl sites for hydroxylation is 1. The summed E-state index contributed by atoms with van der Waals surface area (Å²) in [6, 6.07) is 1.77. The van der Waals surface area contributed by atoms with Crippen LogP contribution in [0.15, 0.2) is 24.7 Å². The Morgan fingerprint density at radius 3 is 2.96 bits per heavy atom. The summed E-state index contributed by atoms with van der Waals surface area (Å²) < 4.78 is 1.80. The molecule has 3 rings (SSSR count). The fraction of sp³-hybridized carbons (Fsp3) is 0.400. The molecule has 1 amide bonds. The van der Waals surface area contributed by atoms with E-state index in [1.54, 1.807) is 10.7 Å². The Bertz CT molecular complexity index is 716. The summed E-state index contributed by atoms with van der Waals surface area (Å²) in [5.41, 5.74) is 6.65. The van der Waals surface area contributed by atoms with Gasteiger partial charge in [0.1, 0.15) is 5.82 Å². The quantitative estimate of drug-likeness (QED) is 0.887. The topological polar surface area (TPSA) is 89.1 Å². The largest absolute Gasteiger partial charge is 0.367 e. The van der Waals surface area contributed by atoms with E-state index in [1.165, 1.54) is 6.20 Å². The summed E-state index contributed by atoms with van der Waals surface area (Å²) in [4.78, 5) is 17.7. The Hall–Kier alpha value is -2.28. The third kappa shape index (κ3) is 3.56. The predicted octanol–water partition coefficient (Wildman–Crippen LogP) is 1.65. The molecule has 1 aliphatic rings. The first-order chi connectivity index (χ1) is 11.0. The van der Waals surface area contributed by atoms with Gasteiger partial charge in [0.15, 0.2) is 0 Å². The van der Waals surface area contributed by atoms with E-state index in [2.05, 4.69) is 20.3 Å². The maximum absolute atomic E-state index is 11.1. The molecule has 0 aliphatic carbocycles. The molecule has 0 saturated carbocycles. The second kappa shape index (κ2) is 6.45. The van der Waals surface area contributed by atoms with Crippen molar-refractivity contribution in [1.29, 1.82) is 0 Å². The van der Waals surface area contributed by atoms with Crippen LogP contribution in [0.1, 0.15) is 23.2 Å². The van der Waals surface area contributed by atoms with Gasteiger partial charge in [0.25, 0.3) is 0 Å². The summed E-state index contributed by atoms with van der Waals surface area (Å²) in [5, 5.41) is 7.98. The minimum absolute atomic E-state index is 0.230. The number of nitrogens with two attached hydrogens (primary N) is 1. The van der Waals surface area contributed by atoms with E-state index in [0.717, 1.165) is 31.6 Å². The van der Waals surface area contributed by atoms with Crippen LogP contribution in [0.3, 0.4) is 0 Å². The lowest BCUT2D eigenvalue weighted by molar-refractivity contribution is 0.1000. The number of hydrogen-bond donors (Lipinski definition) is 2. The second-order valence-corrected chi connectivity index (χ2v) is 6.13. The smallest absolute Gasteiger partial charge is 0.250 e. The van der Waals surface area contributed by atoms with Gasteiger partial charge < -0.3 is 16.0 Å². The molecule has 0 bridgehead atoms. The Labute approximate surface area is 139 Å². The van der Waals surface area contributed by atoms with Crippen molar-refractivity contribution >= 4 is 29.0 Å². The van der Waals surface area contributed by atoms with Gasteiger partial charge in [0.2, 0.25) is 5.91 Å². The molecule has 1 unspecified atom stereocenters. The van der Waals surface area contributed by atoms with Crippen LogP contribution in [0.4, 0.5) is 11.5 Å². The second-order valence-electron chi connectivity index (χ2n) is 5.72. The van der Waals surface area contributed by atoms with Crippen molar-refractivity contribution in [2.75, 3.05) is 23.3 Å². The van der Waals surface area contributed by atoms with Gasteiger partial charge in [-0.2, -0.15) is 5.10 Å². The highest BCUT2D eigenvalue weighted by molar-refractivity contribution is 6.33. The molecule has 8 heteroatoms. The Kier molecular flexibility index (Phi) is 4.38. The molecule has 0 spiro atoms. The first kappa shape index (κ1) is 15.6. The Morgan fingerprint density at radius 2 is 2.30 bits per heavy atom. The molecule has 2 aromatic rings. The van der Waals surface area contributed by atoms with Gasteiger partial charge in [-0.3, -0.25) is 9.48 Å². The SMILES string of the molecule is Cn1cc(N2CCCC(Nc3ncc(C(N)=O)cc3Cl)C2)cn1. The number of rotatable bonds is 4. The van der Waals surface area contributed by atoms with E-state index >= 15 is 0 Å². The Balaban J connectivity index is 1.69. The molecule has 122 valence electrons. The zero-order valence-corrected chi connectivity index (χ0v) is 13.6. The van der Waals surface area contributed by atoms with Gasteiger partial charge in [-0.15, -0.1) is 0 Å². The molecule has 1 atom stereocenters. The molecule has 0 aromatic carbocycles. The average molecular weight is 335 g/mol. The van der Waals surface area contributed by atoms with Crippen molar-refractivity contribution < 1.29 is 4.79 Å². The van der Waals surface area contributed by atoms with Crippen molar-refractivity contribution in [3.63, 3.8) is 0 Å². The van der Waals surface area contributed by atoms with Gasteiger partial charge in [-0.25, -0.2) is 4.98 Å². The average Bonchev–Trinajstić information content (AvgIpc) is 2.96. The fourth-order valence-corrected chi connectivity index (χ4v) is 2.99. The third-order valence-electron chi connectivity index (χ3n) is 3.94. The fourth-order valence-electron chi connectivity index (χ4n) is 2.77. The highest BCUT2D eigenvalue weighted by atomic mass is 35.5. The van der Waals surface area contributed by atoms with Crippen LogP contribution in [0.2, 0.25) is 5.02 Å². The summed E-state index contributed by atoms with van der Waals surface area (Å²) in [6.45, 7) is 1.85. The van der Waals surface area contributed by atoms with Crippen molar-refractivity contribution in [3.05, 3.63) is 35.2 Å². The normalized spacial score (nSPS) is 18.0. The van der Waals surface area contributed by atoms with Crippen LogP contribution in [0.25, 0.3) is 0 Å². The maximum atomic E-state index is 11.1. The molecule has 1 aliphatic heterocycles. The number of pyridine rings is 1. The molecule has 2 aromatic heterocycles. The first-order valence-electron chi connectivity index (χ1n) is 7.48. The van der Waals surface area contributed by atoms with Crippen LogP contribution in [0.5, 0.6) is 0 Å². The number of amides is 1. The van der Waals surface area contributed by atoms with E-state index in [4.69, 9.17) is 17.3 Å². The third-order valence-corrected chi connectivity index (χ3v) is 4.23. The lowest BCUT2D eigenvalue weighted by Crippen LogP contribution is -2.42. The monoisotopic (exact) mass is 334 g/mol. The van der Waals surface area contributed by atoms with E-state index in [-0.39, 0.29) is 6.04 Å². The number of hydrogen-bond acceptors (Lipinski definition) is 5. The first-order valence-corrected chi connectivity index (χ1v) is 7.86. The van der Waals surface area contributed by atoms with Crippen LogP contribution in [0, 0.1) is 0 Å². The van der Waals surface area contributed by atoms with Crippen LogP contribution in [-0.2, 0) is 7.05 Å². The highest BCUT2D eigenvalue weighted by Crippen LogP contribution is 2.25. The number of nitrogens with zero attached hydrogens (tertiary/aromatic N) is 4. The maximum Gasteiger partial charge on any atom is 0.250 e. The van der Waals surface area contributed by atoms with Crippen molar-refractivity contribution in [2.24, 2.45) is 12.8 Å². The van der Waals surface area contributed by atoms with Gasteiger partial charge in [0, 0.05) is 38.6 Å². The molecule has 23 heavy (non-hydrogen) atoms. The molecule has 3 N–H and O–H groups in total. The molecule has 3 heterocycles.